The monoisotopic (exact) mass is 763 g/mol. The number of carbonyl (C=O) groups is 2. The fourth-order valence-electron chi connectivity index (χ4n) is 8.40. The molecule has 55 heavy (non-hydrogen) atoms. The lowest BCUT2D eigenvalue weighted by Gasteiger charge is -2.39. The van der Waals surface area contributed by atoms with Gasteiger partial charge in [0.2, 0.25) is 0 Å². The van der Waals surface area contributed by atoms with E-state index in [0.717, 1.165) is 37.0 Å². The van der Waals surface area contributed by atoms with Crippen molar-refractivity contribution in [2.45, 2.75) is 141 Å². The number of rotatable bonds is 21. The highest BCUT2D eigenvalue weighted by atomic mass is 16.5. The van der Waals surface area contributed by atoms with Gasteiger partial charge in [0.1, 0.15) is 12.6 Å². The van der Waals surface area contributed by atoms with Crippen LogP contribution < -0.4 is 0 Å². The molecule has 7 heteroatoms. The Balaban J connectivity index is 0.000000754. The lowest BCUT2D eigenvalue weighted by molar-refractivity contribution is -0.106. The van der Waals surface area contributed by atoms with Crippen LogP contribution in [-0.2, 0) is 38.3 Å². The maximum atomic E-state index is 9.48. The minimum atomic E-state index is -0.233. The maximum absolute atomic E-state index is 9.48. The second-order valence-corrected chi connectivity index (χ2v) is 15.5. The predicted molar refractivity (Wildman–Crippen MR) is 226 cm³/mol. The molecule has 0 spiro atoms. The Morgan fingerprint density at radius 1 is 0.727 bits per heavy atom. The largest absolute Gasteiger partial charge is 0.396 e. The van der Waals surface area contributed by atoms with Gasteiger partial charge in [-0.2, -0.15) is 0 Å². The number of aliphatic hydroxyl groups excluding tert-OH is 3. The van der Waals surface area contributed by atoms with Gasteiger partial charge in [-0.1, -0.05) is 83.2 Å². The van der Waals surface area contributed by atoms with Gasteiger partial charge in [-0.25, -0.2) is 0 Å². The number of hydrogen-bond acceptors (Lipinski definition) is 7. The average molecular weight is 763 g/mol. The zero-order valence-electron chi connectivity index (χ0n) is 34.7. The molecule has 2 aliphatic carbocycles. The van der Waals surface area contributed by atoms with Crippen LogP contribution in [0.2, 0.25) is 0 Å². The van der Waals surface area contributed by atoms with Gasteiger partial charge in [-0.15, -0.1) is 0 Å². The highest BCUT2D eigenvalue weighted by Gasteiger charge is 2.32. The first-order valence-electron chi connectivity index (χ1n) is 21.2. The number of aryl methyl sites for hydroxylation is 3. The fraction of sp³-hybridized carbons (Fsp3) is 0.625. The smallest absolute Gasteiger partial charge is 0.147 e. The molecular formula is C48H74O7. The van der Waals surface area contributed by atoms with Crippen LogP contribution in [0.25, 0.3) is 0 Å². The van der Waals surface area contributed by atoms with E-state index < -0.39 is 0 Å². The molecule has 2 aliphatic rings. The van der Waals surface area contributed by atoms with Gasteiger partial charge in [0.15, 0.2) is 0 Å². The molecular weight excluding hydrogens is 689 g/mol. The van der Waals surface area contributed by atoms with E-state index in [0.29, 0.717) is 31.7 Å². The van der Waals surface area contributed by atoms with Gasteiger partial charge in [-0.3, -0.25) is 9.59 Å². The number of hydrogen-bond donors (Lipinski definition) is 3. The van der Waals surface area contributed by atoms with Crippen LogP contribution in [0.15, 0.2) is 60.7 Å². The van der Waals surface area contributed by atoms with E-state index in [2.05, 4.69) is 70.3 Å². The van der Waals surface area contributed by atoms with Crippen molar-refractivity contribution in [1.82, 2.24) is 0 Å². The van der Waals surface area contributed by atoms with E-state index in [1.165, 1.54) is 94.6 Å². The molecule has 1 atom stereocenters. The molecule has 2 aromatic rings. The molecule has 4 rings (SSSR count). The van der Waals surface area contributed by atoms with E-state index in [9.17, 15) is 14.7 Å². The first-order valence-corrected chi connectivity index (χ1v) is 21.2. The minimum Gasteiger partial charge on any atom is -0.396 e. The topological polar surface area (TPSA) is 113 Å². The summed E-state index contributed by atoms with van der Waals surface area (Å²) >= 11 is 0. The SMILES string of the molecule is C=C(C=O)CO.C=C(C=O)CO.CCCCCc1ccc(C2CCC(C3CCC(c4ccc(C(CCCO)OCCOC)cc4CC)CC3)CC2)c(CC)c1. The Bertz CT molecular complexity index is 1360. The van der Waals surface area contributed by atoms with Gasteiger partial charge < -0.3 is 24.8 Å². The van der Waals surface area contributed by atoms with E-state index in [1.807, 2.05) is 0 Å². The van der Waals surface area contributed by atoms with Crippen molar-refractivity contribution in [3.8, 4) is 0 Å². The van der Waals surface area contributed by atoms with Crippen LogP contribution in [0.4, 0.5) is 0 Å². The first-order chi connectivity index (χ1) is 26.7. The van der Waals surface area contributed by atoms with Crippen molar-refractivity contribution >= 4 is 12.6 Å². The van der Waals surface area contributed by atoms with Crippen LogP contribution in [0, 0.1) is 11.8 Å². The molecule has 2 fully saturated rings. The predicted octanol–water partition coefficient (Wildman–Crippen LogP) is 9.74. The summed E-state index contributed by atoms with van der Waals surface area (Å²) in [5, 5.41) is 25.4. The molecule has 0 aliphatic heterocycles. The molecule has 2 saturated carbocycles. The van der Waals surface area contributed by atoms with E-state index in [4.69, 9.17) is 19.7 Å². The van der Waals surface area contributed by atoms with Crippen LogP contribution in [0.1, 0.15) is 156 Å². The molecule has 0 radical (unpaired) electrons. The third kappa shape index (κ3) is 17.0. The van der Waals surface area contributed by atoms with Crippen LogP contribution in [0.3, 0.4) is 0 Å². The molecule has 3 N–H and O–H groups in total. The fourth-order valence-corrected chi connectivity index (χ4v) is 8.40. The first kappa shape index (κ1) is 48.2. The van der Waals surface area contributed by atoms with E-state index >= 15 is 0 Å². The number of benzene rings is 2. The Hall–Kier alpha value is -2.94. The molecule has 0 bridgehead atoms. The van der Waals surface area contributed by atoms with Gasteiger partial charge in [0.25, 0.3) is 0 Å². The Morgan fingerprint density at radius 2 is 1.25 bits per heavy atom. The second-order valence-electron chi connectivity index (χ2n) is 15.5. The summed E-state index contributed by atoms with van der Waals surface area (Å²) in [5.74, 6) is 3.33. The zero-order valence-corrected chi connectivity index (χ0v) is 34.7. The molecule has 7 nitrogen and oxygen atoms in total. The summed E-state index contributed by atoms with van der Waals surface area (Å²) in [6.45, 7) is 14.2. The van der Waals surface area contributed by atoms with Crippen molar-refractivity contribution in [3.63, 3.8) is 0 Å². The summed E-state index contributed by atoms with van der Waals surface area (Å²) in [4.78, 5) is 19.0. The van der Waals surface area contributed by atoms with Gasteiger partial charge in [0, 0.05) is 24.9 Å². The standard InChI is InChI=1S/C40H62O3.2C4H6O2/c1-5-8-9-11-30-13-23-38(31(6-2)28-30)35-18-14-33(15-19-35)34-16-20-36(21-17-34)39-24-22-37(29-32(39)7-3)40(12-10-25-41)43-27-26-42-4;2*1-4(2-5)3-6/h13,22-24,28-29,33-36,40-41H,5-12,14-21,25-27H2,1-4H3;2*2,6H,1,3H2. The lowest BCUT2D eigenvalue weighted by Crippen LogP contribution is -2.25. The molecule has 0 saturated heterocycles. The quantitative estimate of drug-likeness (QED) is 0.0660. The number of aliphatic hydroxyl groups is 3. The Kier molecular flexibility index (Phi) is 24.9. The molecule has 0 aromatic heterocycles. The zero-order chi connectivity index (χ0) is 40.4. The van der Waals surface area contributed by atoms with Crippen molar-refractivity contribution in [1.29, 1.82) is 0 Å². The number of aldehydes is 2. The van der Waals surface area contributed by atoms with Crippen molar-refractivity contribution in [3.05, 3.63) is 94.1 Å². The van der Waals surface area contributed by atoms with Crippen LogP contribution in [-0.4, -0.2) is 68.0 Å². The van der Waals surface area contributed by atoms with Crippen molar-refractivity contribution in [2.24, 2.45) is 11.8 Å². The van der Waals surface area contributed by atoms with E-state index in [1.54, 1.807) is 29.4 Å². The van der Waals surface area contributed by atoms with Crippen LogP contribution >= 0.6 is 0 Å². The van der Waals surface area contributed by atoms with Crippen molar-refractivity contribution in [2.75, 3.05) is 40.1 Å². The van der Waals surface area contributed by atoms with Crippen molar-refractivity contribution < 1.29 is 34.4 Å². The highest BCUT2D eigenvalue weighted by molar-refractivity contribution is 5.72. The molecule has 0 amide bonds. The molecule has 1 unspecified atom stereocenters. The third-order valence-corrected chi connectivity index (χ3v) is 11.6. The van der Waals surface area contributed by atoms with Gasteiger partial charge >= 0.3 is 0 Å². The number of methoxy groups -OCH3 is 1. The average Bonchev–Trinajstić information content (AvgIpc) is 3.24. The summed E-state index contributed by atoms with van der Waals surface area (Å²) in [6, 6.07) is 14.6. The highest BCUT2D eigenvalue weighted by Crippen LogP contribution is 2.47. The number of ether oxygens (including phenoxy) is 2. The Morgan fingerprint density at radius 3 is 1.69 bits per heavy atom. The molecule has 308 valence electrons. The summed E-state index contributed by atoms with van der Waals surface area (Å²) < 4.78 is 11.4. The maximum Gasteiger partial charge on any atom is 0.147 e. The number of unbranched alkanes of at least 4 members (excludes halogenated alkanes) is 2. The van der Waals surface area contributed by atoms with E-state index in [-0.39, 0.29) is 37.1 Å². The van der Waals surface area contributed by atoms with Gasteiger partial charge in [-0.05, 0) is 147 Å². The minimum absolute atomic E-state index is 0.0321. The Labute approximate surface area is 333 Å². The third-order valence-electron chi connectivity index (χ3n) is 11.6. The normalized spacial score (nSPS) is 19.9. The summed E-state index contributed by atoms with van der Waals surface area (Å²) in [7, 11) is 1.71. The van der Waals surface area contributed by atoms with Gasteiger partial charge in [0.05, 0.1) is 32.5 Å². The van der Waals surface area contributed by atoms with Crippen LogP contribution in [0.5, 0.6) is 0 Å². The summed E-state index contributed by atoms with van der Waals surface area (Å²) in [5.41, 5.74) is 9.61. The molecule has 0 heterocycles. The second kappa shape index (κ2) is 28.5. The lowest BCUT2D eigenvalue weighted by atomic mass is 9.67. The summed E-state index contributed by atoms with van der Waals surface area (Å²) in [6.07, 6.45) is 21.3. The number of carbonyl (C=O) groups excluding carboxylic acids is 2. The molecule has 2 aromatic carbocycles.